The van der Waals surface area contributed by atoms with Gasteiger partial charge >= 0.3 is 0 Å². The van der Waals surface area contributed by atoms with Gasteiger partial charge in [-0.2, -0.15) is 0 Å². The summed E-state index contributed by atoms with van der Waals surface area (Å²) in [5.74, 6) is -0.643. The van der Waals surface area contributed by atoms with Gasteiger partial charge in [0.2, 0.25) is 5.91 Å². The monoisotopic (exact) mass is 498 g/mol. The molecule has 1 fully saturated rings. The molecule has 4 heterocycles. The first-order valence-electron chi connectivity index (χ1n) is 11.8. The van der Waals surface area contributed by atoms with Crippen LogP contribution >= 0.6 is 11.3 Å². The number of nitrogens with zero attached hydrogens (tertiary/aromatic N) is 2. The van der Waals surface area contributed by atoms with Gasteiger partial charge in [-0.25, -0.2) is 4.39 Å². The van der Waals surface area contributed by atoms with E-state index in [1.165, 1.54) is 22.1 Å². The number of ether oxygens (including phenoxy) is 2. The molecule has 0 radical (unpaired) electrons. The van der Waals surface area contributed by atoms with E-state index in [9.17, 15) is 14.0 Å². The average molecular weight is 499 g/mol. The van der Waals surface area contributed by atoms with Gasteiger partial charge < -0.3 is 23.7 Å². The molecule has 0 saturated carbocycles. The highest BCUT2D eigenvalue weighted by Gasteiger charge is 2.35. The highest BCUT2D eigenvalue weighted by atomic mass is 32.1. The maximum atomic E-state index is 14.2. The van der Waals surface area contributed by atoms with E-state index in [1.807, 2.05) is 11.4 Å². The maximum Gasteiger partial charge on any atom is 0.290 e. The Morgan fingerprint density at radius 2 is 2.09 bits per heavy atom. The molecule has 2 atom stereocenters. The van der Waals surface area contributed by atoms with E-state index in [0.717, 1.165) is 24.8 Å². The molecule has 1 saturated heterocycles. The number of para-hydroxylation sites is 1. The minimum Gasteiger partial charge on any atom is -0.488 e. The first-order valence-corrected chi connectivity index (χ1v) is 12.7. The summed E-state index contributed by atoms with van der Waals surface area (Å²) < 4.78 is 31.0. The van der Waals surface area contributed by atoms with Gasteiger partial charge in [-0.3, -0.25) is 9.59 Å². The summed E-state index contributed by atoms with van der Waals surface area (Å²) >= 11 is 1.65. The van der Waals surface area contributed by atoms with Gasteiger partial charge in [0.1, 0.15) is 13.2 Å². The quantitative estimate of drug-likeness (QED) is 0.463. The van der Waals surface area contributed by atoms with Crippen LogP contribution in [0.2, 0.25) is 0 Å². The molecule has 35 heavy (non-hydrogen) atoms. The lowest BCUT2D eigenvalue weighted by Crippen LogP contribution is -2.49. The van der Waals surface area contributed by atoms with Gasteiger partial charge in [0.15, 0.2) is 17.3 Å². The number of fused-ring (bicyclic) bond motifs is 1. The van der Waals surface area contributed by atoms with Gasteiger partial charge in [0.05, 0.1) is 18.4 Å². The normalized spacial score (nSPS) is 19.4. The van der Waals surface area contributed by atoms with Gasteiger partial charge in [0.25, 0.3) is 5.91 Å². The number of furan rings is 1. The van der Waals surface area contributed by atoms with Crippen LogP contribution in [0.5, 0.6) is 5.75 Å². The number of amides is 2. The van der Waals surface area contributed by atoms with Crippen LogP contribution in [-0.2, 0) is 16.0 Å². The van der Waals surface area contributed by atoms with Crippen molar-refractivity contribution in [1.82, 2.24) is 9.80 Å². The summed E-state index contributed by atoms with van der Waals surface area (Å²) in [6.45, 7) is 1.49. The van der Waals surface area contributed by atoms with Crippen LogP contribution in [0.15, 0.2) is 58.5 Å². The van der Waals surface area contributed by atoms with Gasteiger partial charge in [-0.05, 0) is 60.5 Å². The summed E-state index contributed by atoms with van der Waals surface area (Å²) in [6.07, 6.45) is 3.85. The summed E-state index contributed by atoms with van der Waals surface area (Å²) in [4.78, 5) is 31.2. The van der Waals surface area contributed by atoms with Crippen molar-refractivity contribution in [2.75, 3.05) is 32.8 Å². The fourth-order valence-corrected chi connectivity index (χ4v) is 5.60. The predicted molar refractivity (Wildman–Crippen MR) is 128 cm³/mol. The number of hydrogen-bond donors (Lipinski definition) is 0. The van der Waals surface area contributed by atoms with Crippen molar-refractivity contribution in [3.63, 3.8) is 0 Å². The van der Waals surface area contributed by atoms with Crippen molar-refractivity contribution >= 4 is 23.2 Å². The number of halogens is 1. The van der Waals surface area contributed by atoms with E-state index < -0.39 is 5.82 Å². The molecule has 2 aliphatic rings. The van der Waals surface area contributed by atoms with Crippen LogP contribution in [0.3, 0.4) is 0 Å². The average Bonchev–Trinajstić information content (AvgIpc) is 3.65. The van der Waals surface area contributed by atoms with Crippen molar-refractivity contribution in [3.05, 3.63) is 76.1 Å². The second-order valence-electron chi connectivity index (χ2n) is 8.69. The number of carbonyl (C=O) groups excluding carboxylic acids is 2. The fourth-order valence-electron chi connectivity index (χ4n) is 4.67. The van der Waals surface area contributed by atoms with E-state index in [-0.39, 0.29) is 48.6 Å². The van der Waals surface area contributed by atoms with E-state index >= 15 is 0 Å². The van der Waals surface area contributed by atoms with Crippen LogP contribution in [0, 0.1) is 5.82 Å². The molecule has 1 aromatic carbocycles. The van der Waals surface area contributed by atoms with E-state index in [0.29, 0.717) is 19.7 Å². The third kappa shape index (κ3) is 5.26. The first kappa shape index (κ1) is 23.6. The molecule has 9 heteroatoms. The summed E-state index contributed by atoms with van der Waals surface area (Å²) in [5.41, 5.74) is 1.01. The Morgan fingerprint density at radius 1 is 1.20 bits per heavy atom. The molecular formula is C26H27FN2O5S. The number of thiophene rings is 1. The Bertz CT molecular complexity index is 1160. The fraction of sp³-hybridized carbons (Fsp3) is 0.385. The zero-order chi connectivity index (χ0) is 24.2. The summed E-state index contributed by atoms with van der Waals surface area (Å²) in [7, 11) is 0. The molecule has 0 N–H and O–H groups in total. The Balaban J connectivity index is 1.34. The van der Waals surface area contributed by atoms with E-state index in [2.05, 4.69) is 0 Å². The van der Waals surface area contributed by atoms with Gasteiger partial charge in [-0.15, -0.1) is 11.3 Å². The van der Waals surface area contributed by atoms with Crippen molar-refractivity contribution in [2.24, 2.45) is 0 Å². The molecule has 7 nitrogen and oxygen atoms in total. The standard InChI is InChI=1S/C26H27FN2O5S/c27-20-6-1-2-7-22(20)34-17-21-19-10-14-35-24(19)9-11-29(21)25(30)16-28(15-18-5-3-12-32-18)26(31)23-8-4-13-33-23/h1-2,4,6-8,10,13-14,18,21H,3,5,9,11-12,15-17H2. The second-order valence-corrected chi connectivity index (χ2v) is 9.69. The lowest BCUT2D eigenvalue weighted by molar-refractivity contribution is -0.135. The van der Waals surface area contributed by atoms with Gasteiger partial charge in [-0.1, -0.05) is 12.1 Å². The Morgan fingerprint density at radius 3 is 2.86 bits per heavy atom. The lowest BCUT2D eigenvalue weighted by atomic mass is 10.0. The van der Waals surface area contributed by atoms with Gasteiger partial charge in [0, 0.05) is 24.6 Å². The highest BCUT2D eigenvalue weighted by Crippen LogP contribution is 2.34. The summed E-state index contributed by atoms with van der Waals surface area (Å²) in [6, 6.07) is 11.1. The van der Waals surface area contributed by atoms with Crippen LogP contribution in [0.25, 0.3) is 0 Å². The molecule has 0 bridgehead atoms. The van der Waals surface area contributed by atoms with Crippen LogP contribution in [-0.4, -0.2) is 60.6 Å². The van der Waals surface area contributed by atoms with Crippen molar-refractivity contribution in [2.45, 2.75) is 31.4 Å². The number of hydrogen-bond acceptors (Lipinski definition) is 6. The second kappa shape index (κ2) is 10.6. The largest absolute Gasteiger partial charge is 0.488 e. The molecule has 3 aromatic rings. The third-order valence-corrected chi connectivity index (χ3v) is 7.44. The zero-order valence-corrected chi connectivity index (χ0v) is 20.0. The van der Waals surface area contributed by atoms with E-state index in [4.69, 9.17) is 13.9 Å². The Labute approximate surface area is 207 Å². The zero-order valence-electron chi connectivity index (χ0n) is 19.2. The van der Waals surface area contributed by atoms with Crippen molar-refractivity contribution in [3.8, 4) is 5.75 Å². The number of carbonyl (C=O) groups is 2. The Hall–Kier alpha value is -3.17. The molecule has 2 amide bonds. The first-order chi connectivity index (χ1) is 17.1. The lowest BCUT2D eigenvalue weighted by Gasteiger charge is -2.37. The smallest absolute Gasteiger partial charge is 0.290 e. The van der Waals surface area contributed by atoms with E-state index in [1.54, 1.807) is 46.6 Å². The maximum absolute atomic E-state index is 14.2. The summed E-state index contributed by atoms with van der Waals surface area (Å²) in [5, 5.41) is 2.00. The third-order valence-electron chi connectivity index (χ3n) is 6.44. The van der Waals surface area contributed by atoms with Crippen LogP contribution < -0.4 is 4.74 Å². The van der Waals surface area contributed by atoms with Crippen LogP contribution in [0.1, 0.15) is 39.9 Å². The molecule has 2 unspecified atom stereocenters. The molecule has 2 aromatic heterocycles. The number of rotatable bonds is 8. The Kier molecular flexibility index (Phi) is 7.15. The van der Waals surface area contributed by atoms with Crippen molar-refractivity contribution < 1.29 is 27.9 Å². The molecule has 2 aliphatic heterocycles. The highest BCUT2D eigenvalue weighted by molar-refractivity contribution is 7.10. The predicted octanol–water partition coefficient (Wildman–Crippen LogP) is 4.31. The molecule has 5 rings (SSSR count). The minimum absolute atomic E-state index is 0.102. The number of benzene rings is 1. The minimum atomic E-state index is -0.446. The van der Waals surface area contributed by atoms with Crippen LogP contribution in [0.4, 0.5) is 4.39 Å². The molecule has 0 aliphatic carbocycles. The topological polar surface area (TPSA) is 72.2 Å². The molecule has 0 spiro atoms. The SMILES string of the molecule is O=C(c1ccco1)N(CC(=O)N1CCc2sccc2C1COc1ccccc1F)CC1CCCO1. The molecule has 184 valence electrons. The van der Waals surface area contributed by atoms with Crippen molar-refractivity contribution in [1.29, 1.82) is 0 Å². The molecular weight excluding hydrogens is 471 g/mol.